The van der Waals surface area contributed by atoms with Crippen molar-refractivity contribution >= 4 is 11.8 Å². The summed E-state index contributed by atoms with van der Waals surface area (Å²) in [6, 6.07) is 7.96. The van der Waals surface area contributed by atoms with Crippen LogP contribution in [0.1, 0.15) is 47.6 Å². The number of fused-ring (bicyclic) bond motifs is 1. The number of carbonyl (C=O) groups excluding carboxylic acids is 2. The summed E-state index contributed by atoms with van der Waals surface area (Å²) >= 11 is 0. The number of benzene rings is 1. The Bertz CT molecular complexity index is 820. The number of rotatable bonds is 4. The lowest BCUT2D eigenvalue weighted by Crippen LogP contribution is -2.53. The number of aryl methyl sites for hydroxylation is 1. The first-order valence-corrected chi connectivity index (χ1v) is 8.10. The summed E-state index contributed by atoms with van der Waals surface area (Å²) in [5.41, 5.74) is 8.74. The number of nitrogens with zero attached hydrogens (tertiary/aromatic N) is 2. The third-order valence-corrected chi connectivity index (χ3v) is 4.53. The summed E-state index contributed by atoms with van der Waals surface area (Å²) in [5.74, 6) is -0.935. The van der Waals surface area contributed by atoms with Gasteiger partial charge in [0, 0.05) is 11.3 Å². The van der Waals surface area contributed by atoms with Crippen molar-refractivity contribution in [3.8, 4) is 5.69 Å². The van der Waals surface area contributed by atoms with E-state index in [-0.39, 0.29) is 5.91 Å². The highest BCUT2D eigenvalue weighted by molar-refractivity contribution is 5.98. The molecule has 3 N–H and O–H groups in total. The maximum atomic E-state index is 12.7. The topological polar surface area (TPSA) is 90.0 Å². The monoisotopic (exact) mass is 326 g/mol. The summed E-state index contributed by atoms with van der Waals surface area (Å²) < 4.78 is 1.86. The molecule has 6 heteroatoms. The van der Waals surface area contributed by atoms with Gasteiger partial charge in [-0.05, 0) is 51.7 Å². The summed E-state index contributed by atoms with van der Waals surface area (Å²) in [6.45, 7) is 5.20. The van der Waals surface area contributed by atoms with Crippen molar-refractivity contribution in [2.75, 3.05) is 0 Å². The summed E-state index contributed by atoms with van der Waals surface area (Å²) in [4.78, 5) is 24.1. The van der Waals surface area contributed by atoms with Crippen LogP contribution in [0.15, 0.2) is 24.3 Å². The molecule has 0 atom stereocenters. The molecule has 0 radical (unpaired) electrons. The van der Waals surface area contributed by atoms with Gasteiger partial charge in [0.2, 0.25) is 5.91 Å². The van der Waals surface area contributed by atoms with Gasteiger partial charge in [-0.1, -0.05) is 18.2 Å². The number of hydrogen-bond acceptors (Lipinski definition) is 3. The second-order valence-corrected chi connectivity index (χ2v) is 6.77. The van der Waals surface area contributed by atoms with Gasteiger partial charge in [-0.2, -0.15) is 5.10 Å². The molecule has 1 aliphatic carbocycles. The second-order valence-electron chi connectivity index (χ2n) is 6.77. The molecule has 2 aromatic rings. The number of para-hydroxylation sites is 1. The van der Waals surface area contributed by atoms with Crippen LogP contribution in [-0.2, 0) is 17.6 Å². The highest BCUT2D eigenvalue weighted by atomic mass is 16.2. The molecule has 126 valence electrons. The Labute approximate surface area is 141 Å². The normalized spacial score (nSPS) is 13.6. The zero-order valence-corrected chi connectivity index (χ0v) is 14.2. The van der Waals surface area contributed by atoms with Gasteiger partial charge in [-0.3, -0.25) is 9.59 Å². The molecule has 3 rings (SSSR count). The van der Waals surface area contributed by atoms with E-state index in [9.17, 15) is 9.59 Å². The molecule has 0 saturated heterocycles. The predicted octanol–water partition coefficient (Wildman–Crippen LogP) is 1.66. The SMILES string of the molecule is Cc1ccccc1-n1nc(C(=O)NC(C)(C)C(N)=O)c2c1CCC2. The molecule has 0 aliphatic heterocycles. The standard InChI is InChI=1S/C18H22N4O2/c1-11-7-4-5-9-13(11)22-14-10-6-8-12(14)15(21-22)16(23)20-18(2,3)17(19)24/h4-5,7,9H,6,8,10H2,1-3H3,(H2,19,24)(H,20,23). The fourth-order valence-corrected chi connectivity index (χ4v) is 3.02. The van der Waals surface area contributed by atoms with E-state index in [1.165, 1.54) is 0 Å². The van der Waals surface area contributed by atoms with Crippen molar-refractivity contribution in [3.63, 3.8) is 0 Å². The van der Waals surface area contributed by atoms with E-state index in [1.54, 1.807) is 13.8 Å². The van der Waals surface area contributed by atoms with Crippen molar-refractivity contribution in [1.82, 2.24) is 15.1 Å². The maximum Gasteiger partial charge on any atom is 0.272 e. The van der Waals surface area contributed by atoms with Gasteiger partial charge in [0.15, 0.2) is 5.69 Å². The van der Waals surface area contributed by atoms with E-state index >= 15 is 0 Å². The molecule has 1 aliphatic rings. The average Bonchev–Trinajstić information content (AvgIpc) is 3.09. The number of aromatic nitrogens is 2. The van der Waals surface area contributed by atoms with E-state index in [1.807, 2.05) is 35.9 Å². The Hall–Kier alpha value is -2.63. The van der Waals surface area contributed by atoms with Crippen LogP contribution in [0.3, 0.4) is 0 Å². The molecule has 0 saturated carbocycles. The highest BCUT2D eigenvalue weighted by Gasteiger charge is 2.32. The fraction of sp³-hybridized carbons (Fsp3) is 0.389. The third kappa shape index (κ3) is 2.68. The van der Waals surface area contributed by atoms with Gasteiger partial charge in [0.05, 0.1) is 5.69 Å². The molecule has 2 amide bonds. The van der Waals surface area contributed by atoms with E-state index < -0.39 is 11.4 Å². The lowest BCUT2D eigenvalue weighted by atomic mass is 10.0. The minimum Gasteiger partial charge on any atom is -0.368 e. The summed E-state index contributed by atoms with van der Waals surface area (Å²) in [7, 11) is 0. The van der Waals surface area contributed by atoms with Crippen molar-refractivity contribution in [1.29, 1.82) is 0 Å². The molecular formula is C18H22N4O2. The second kappa shape index (κ2) is 5.78. The number of carbonyl (C=O) groups is 2. The molecule has 1 aromatic carbocycles. The van der Waals surface area contributed by atoms with E-state index in [0.717, 1.165) is 41.8 Å². The largest absolute Gasteiger partial charge is 0.368 e. The number of nitrogens with two attached hydrogens (primary N) is 1. The smallest absolute Gasteiger partial charge is 0.272 e. The van der Waals surface area contributed by atoms with Gasteiger partial charge in [-0.25, -0.2) is 4.68 Å². The quantitative estimate of drug-likeness (QED) is 0.895. The molecular weight excluding hydrogens is 304 g/mol. The van der Waals surface area contributed by atoms with E-state index in [4.69, 9.17) is 5.73 Å². The van der Waals surface area contributed by atoms with Crippen molar-refractivity contribution in [3.05, 3.63) is 46.8 Å². The van der Waals surface area contributed by atoms with Gasteiger partial charge in [-0.15, -0.1) is 0 Å². The minimum atomic E-state index is -1.12. The van der Waals surface area contributed by atoms with Crippen LogP contribution in [0.5, 0.6) is 0 Å². The van der Waals surface area contributed by atoms with Crippen molar-refractivity contribution in [2.45, 2.75) is 45.6 Å². The van der Waals surface area contributed by atoms with Crippen molar-refractivity contribution < 1.29 is 9.59 Å². The van der Waals surface area contributed by atoms with Gasteiger partial charge in [0.1, 0.15) is 5.54 Å². The Balaban J connectivity index is 2.02. The zero-order valence-electron chi connectivity index (χ0n) is 14.2. The summed E-state index contributed by atoms with van der Waals surface area (Å²) in [5, 5.41) is 7.25. The lowest BCUT2D eigenvalue weighted by molar-refractivity contribution is -0.122. The van der Waals surface area contributed by atoms with E-state index in [0.29, 0.717) is 5.69 Å². The maximum absolute atomic E-state index is 12.7. The zero-order chi connectivity index (χ0) is 17.5. The van der Waals surface area contributed by atoms with Gasteiger partial charge in [0.25, 0.3) is 5.91 Å². The number of nitrogens with one attached hydrogen (secondary N) is 1. The Morgan fingerprint density at radius 1 is 1.25 bits per heavy atom. The van der Waals surface area contributed by atoms with Crippen LogP contribution < -0.4 is 11.1 Å². The van der Waals surface area contributed by atoms with Crippen LogP contribution in [0.2, 0.25) is 0 Å². The highest BCUT2D eigenvalue weighted by Crippen LogP contribution is 2.29. The van der Waals surface area contributed by atoms with E-state index in [2.05, 4.69) is 10.4 Å². The number of hydrogen-bond donors (Lipinski definition) is 2. The van der Waals surface area contributed by atoms with Crippen LogP contribution in [0, 0.1) is 6.92 Å². The van der Waals surface area contributed by atoms with Crippen molar-refractivity contribution in [2.24, 2.45) is 5.73 Å². The first kappa shape index (κ1) is 16.2. The molecule has 0 bridgehead atoms. The Morgan fingerprint density at radius 2 is 1.96 bits per heavy atom. The fourth-order valence-electron chi connectivity index (χ4n) is 3.02. The Morgan fingerprint density at radius 3 is 2.62 bits per heavy atom. The van der Waals surface area contributed by atoms with Gasteiger partial charge >= 0.3 is 0 Å². The first-order valence-electron chi connectivity index (χ1n) is 8.10. The predicted molar refractivity (Wildman–Crippen MR) is 91.1 cm³/mol. The van der Waals surface area contributed by atoms with Crippen LogP contribution in [0.4, 0.5) is 0 Å². The molecule has 0 spiro atoms. The molecule has 0 unspecified atom stereocenters. The van der Waals surface area contributed by atoms with Gasteiger partial charge < -0.3 is 11.1 Å². The number of amides is 2. The minimum absolute atomic E-state index is 0.357. The average molecular weight is 326 g/mol. The van der Waals surface area contributed by atoms with Crippen LogP contribution >= 0.6 is 0 Å². The first-order chi connectivity index (χ1) is 11.3. The van der Waals surface area contributed by atoms with Crippen LogP contribution in [0.25, 0.3) is 5.69 Å². The molecule has 1 aromatic heterocycles. The molecule has 0 fully saturated rings. The lowest BCUT2D eigenvalue weighted by Gasteiger charge is -2.21. The molecule has 6 nitrogen and oxygen atoms in total. The number of primary amides is 1. The molecule has 1 heterocycles. The Kier molecular flexibility index (Phi) is 3.91. The summed E-state index contributed by atoms with van der Waals surface area (Å²) in [6.07, 6.45) is 2.71. The molecule has 24 heavy (non-hydrogen) atoms. The van der Waals surface area contributed by atoms with Crippen LogP contribution in [-0.4, -0.2) is 27.1 Å². The third-order valence-electron chi connectivity index (χ3n) is 4.53.